The summed E-state index contributed by atoms with van der Waals surface area (Å²) in [6.45, 7) is 0.316. The molecule has 5 nitrogen and oxygen atoms in total. The number of hydrogen-bond acceptors (Lipinski definition) is 5. The molecule has 1 unspecified atom stereocenters. The minimum atomic E-state index is -2.10. The van der Waals surface area contributed by atoms with Crippen LogP contribution in [-0.2, 0) is 9.09 Å². The van der Waals surface area contributed by atoms with E-state index in [0.29, 0.717) is 6.42 Å². The molecular formula is C5H12NO4P. The Morgan fingerprint density at radius 2 is 2.36 bits per heavy atom. The van der Waals surface area contributed by atoms with E-state index in [9.17, 15) is 4.57 Å². The summed E-state index contributed by atoms with van der Waals surface area (Å²) in [6.07, 6.45) is 1.75. The molecule has 66 valence electrons. The largest absolute Gasteiger partial charge is 0.411 e. The van der Waals surface area contributed by atoms with Crippen LogP contribution in [0.4, 0.5) is 0 Å². The Bertz CT molecular complexity index is 138. The van der Waals surface area contributed by atoms with Gasteiger partial charge < -0.3 is 14.8 Å². The van der Waals surface area contributed by atoms with Crippen LogP contribution in [0.15, 0.2) is 5.16 Å². The van der Waals surface area contributed by atoms with Crippen molar-refractivity contribution in [1.82, 2.24) is 0 Å². The van der Waals surface area contributed by atoms with Crippen LogP contribution < -0.4 is 0 Å². The lowest BCUT2D eigenvalue weighted by Gasteiger charge is -1.98. The molecule has 0 bridgehead atoms. The molecule has 0 aromatic carbocycles. The lowest BCUT2D eigenvalue weighted by Crippen LogP contribution is -1.92. The number of nitrogens with zero attached hydrogens (tertiary/aromatic N) is 1. The molecule has 0 spiro atoms. The number of aliphatic hydroxyl groups is 1. The highest BCUT2D eigenvalue weighted by molar-refractivity contribution is 7.40. The number of hydrogen-bond donors (Lipinski definition) is 2. The summed E-state index contributed by atoms with van der Waals surface area (Å²) >= 11 is 0. The van der Waals surface area contributed by atoms with Gasteiger partial charge in [0.05, 0.1) is 19.0 Å². The Labute approximate surface area is 65.5 Å². The first-order valence-electron chi connectivity index (χ1n) is 3.23. The normalized spacial score (nSPS) is 13.9. The van der Waals surface area contributed by atoms with Crippen LogP contribution in [0.1, 0.15) is 6.42 Å². The summed E-state index contributed by atoms with van der Waals surface area (Å²) in [5.41, 5.74) is 0. The zero-order chi connectivity index (χ0) is 8.53. The molecule has 2 N–H and O–H groups in total. The second-order valence-corrected chi connectivity index (χ2v) is 3.24. The topological polar surface area (TPSA) is 79.1 Å². The van der Waals surface area contributed by atoms with Gasteiger partial charge in [0.1, 0.15) is 0 Å². The molecule has 0 aliphatic rings. The molecule has 0 radical (unpaired) electrons. The second-order valence-electron chi connectivity index (χ2n) is 1.80. The van der Waals surface area contributed by atoms with Gasteiger partial charge in [0.2, 0.25) is 0 Å². The standard InChI is InChI=1S/C5H12NO4P/c7-3-1-4-10-11(9)5-2-6-8/h2,7-8,11H,1,3-5H2. The Balaban J connectivity index is 3.23. The number of oxime groups is 1. The van der Waals surface area contributed by atoms with E-state index in [0.717, 1.165) is 6.21 Å². The zero-order valence-electron chi connectivity index (χ0n) is 6.06. The average molecular weight is 181 g/mol. The maximum absolute atomic E-state index is 10.8. The van der Waals surface area contributed by atoms with Gasteiger partial charge >= 0.3 is 0 Å². The van der Waals surface area contributed by atoms with Gasteiger partial charge in [-0.2, -0.15) is 0 Å². The van der Waals surface area contributed by atoms with E-state index < -0.39 is 8.03 Å². The molecule has 1 atom stereocenters. The minimum absolute atomic E-state index is 0.0310. The van der Waals surface area contributed by atoms with Gasteiger partial charge in [-0.25, -0.2) is 0 Å². The van der Waals surface area contributed by atoms with Crippen LogP contribution in [0, 0.1) is 0 Å². The highest BCUT2D eigenvalue weighted by atomic mass is 31.1. The Morgan fingerprint density at radius 1 is 1.64 bits per heavy atom. The third-order valence-corrected chi connectivity index (χ3v) is 1.95. The monoisotopic (exact) mass is 181 g/mol. The van der Waals surface area contributed by atoms with E-state index in [2.05, 4.69) is 5.16 Å². The fourth-order valence-corrected chi connectivity index (χ4v) is 1.15. The minimum Gasteiger partial charge on any atom is -0.411 e. The molecule has 6 heteroatoms. The van der Waals surface area contributed by atoms with Gasteiger partial charge in [-0.1, -0.05) is 0 Å². The van der Waals surface area contributed by atoms with Gasteiger partial charge in [0, 0.05) is 6.61 Å². The predicted octanol–water partition coefficient (Wildman–Crippen LogP) is 0.320. The van der Waals surface area contributed by atoms with Gasteiger partial charge in [-0.05, 0) is 6.42 Å². The lowest BCUT2D eigenvalue weighted by atomic mass is 10.5. The maximum atomic E-state index is 10.8. The van der Waals surface area contributed by atoms with Crippen molar-refractivity contribution in [2.24, 2.45) is 5.16 Å². The van der Waals surface area contributed by atoms with Crippen LogP contribution in [0.2, 0.25) is 0 Å². The highest BCUT2D eigenvalue weighted by Crippen LogP contribution is 2.19. The molecule has 0 aliphatic heterocycles. The SMILES string of the molecule is O=[PH](CC=NO)OCCCO. The van der Waals surface area contributed by atoms with Crippen LogP contribution >= 0.6 is 8.03 Å². The van der Waals surface area contributed by atoms with E-state index in [-0.39, 0.29) is 19.4 Å². The second kappa shape index (κ2) is 7.72. The van der Waals surface area contributed by atoms with Crippen molar-refractivity contribution in [2.45, 2.75) is 6.42 Å². The van der Waals surface area contributed by atoms with E-state index in [1.807, 2.05) is 0 Å². The summed E-state index contributed by atoms with van der Waals surface area (Å²) in [6, 6.07) is 0. The maximum Gasteiger partial charge on any atom is 0.196 e. The molecule has 0 saturated heterocycles. The molecule has 0 saturated carbocycles. The fourth-order valence-electron chi connectivity index (χ4n) is 0.425. The van der Waals surface area contributed by atoms with Crippen molar-refractivity contribution in [1.29, 1.82) is 0 Å². The first-order valence-corrected chi connectivity index (χ1v) is 4.76. The van der Waals surface area contributed by atoms with Crippen molar-refractivity contribution >= 4 is 14.2 Å². The molecule has 0 rings (SSSR count). The third-order valence-electron chi connectivity index (χ3n) is 0.905. The molecule has 0 amide bonds. The van der Waals surface area contributed by atoms with Crippen LogP contribution in [-0.4, -0.2) is 35.9 Å². The lowest BCUT2D eigenvalue weighted by molar-refractivity contribution is 0.240. The van der Waals surface area contributed by atoms with Crippen molar-refractivity contribution in [3.05, 3.63) is 0 Å². The van der Waals surface area contributed by atoms with Crippen LogP contribution in [0.3, 0.4) is 0 Å². The number of rotatable bonds is 6. The molecule has 0 aliphatic carbocycles. The zero-order valence-corrected chi connectivity index (χ0v) is 7.06. The Morgan fingerprint density at radius 3 is 2.91 bits per heavy atom. The van der Waals surface area contributed by atoms with Crippen molar-refractivity contribution < 1.29 is 19.4 Å². The predicted molar refractivity (Wildman–Crippen MR) is 41.8 cm³/mol. The highest BCUT2D eigenvalue weighted by Gasteiger charge is 1.95. The summed E-state index contributed by atoms with van der Waals surface area (Å²) in [5, 5.41) is 18.9. The molecule has 0 heterocycles. The van der Waals surface area contributed by atoms with Crippen molar-refractivity contribution in [3.8, 4) is 0 Å². The first-order chi connectivity index (χ1) is 5.31. The summed E-state index contributed by atoms with van der Waals surface area (Å²) in [7, 11) is -2.10. The molecule has 0 aromatic heterocycles. The summed E-state index contributed by atoms with van der Waals surface area (Å²) < 4.78 is 15.5. The van der Waals surface area contributed by atoms with E-state index in [4.69, 9.17) is 14.8 Å². The van der Waals surface area contributed by atoms with Crippen molar-refractivity contribution in [3.63, 3.8) is 0 Å². The van der Waals surface area contributed by atoms with Crippen LogP contribution in [0.25, 0.3) is 0 Å². The molecule has 0 aromatic rings. The van der Waals surface area contributed by atoms with Gasteiger partial charge in [-0.3, -0.25) is 4.57 Å². The third kappa shape index (κ3) is 7.52. The molecule has 11 heavy (non-hydrogen) atoms. The number of aliphatic hydroxyl groups excluding tert-OH is 1. The van der Waals surface area contributed by atoms with Gasteiger partial charge in [0.25, 0.3) is 0 Å². The first kappa shape index (κ1) is 10.6. The quantitative estimate of drug-likeness (QED) is 0.203. The van der Waals surface area contributed by atoms with Crippen LogP contribution in [0.5, 0.6) is 0 Å². The fraction of sp³-hybridized carbons (Fsp3) is 0.800. The Kier molecular flexibility index (Phi) is 7.46. The van der Waals surface area contributed by atoms with Crippen molar-refractivity contribution in [2.75, 3.05) is 19.4 Å². The molecule has 0 fully saturated rings. The molecular weight excluding hydrogens is 169 g/mol. The smallest absolute Gasteiger partial charge is 0.196 e. The van der Waals surface area contributed by atoms with E-state index in [1.54, 1.807) is 0 Å². The summed E-state index contributed by atoms with van der Waals surface area (Å²) in [4.78, 5) is 0. The van der Waals surface area contributed by atoms with E-state index in [1.165, 1.54) is 0 Å². The average Bonchev–Trinajstić information content (AvgIpc) is 2.01. The summed E-state index contributed by atoms with van der Waals surface area (Å²) in [5.74, 6) is 0. The van der Waals surface area contributed by atoms with E-state index >= 15 is 0 Å². The van der Waals surface area contributed by atoms with Gasteiger partial charge in [-0.15, -0.1) is 5.16 Å². The Hall–Kier alpha value is -0.380. The van der Waals surface area contributed by atoms with Gasteiger partial charge in [0.15, 0.2) is 8.03 Å².